The number of anilines is 1. The van der Waals surface area contributed by atoms with Gasteiger partial charge in [0.2, 0.25) is 0 Å². The maximum Gasteiger partial charge on any atom is 0.320 e. The lowest BCUT2D eigenvalue weighted by Crippen LogP contribution is -2.52. The predicted octanol–water partition coefficient (Wildman–Crippen LogP) is 1.22. The highest BCUT2D eigenvalue weighted by molar-refractivity contribution is 5.91. The Bertz CT molecular complexity index is 417. The van der Waals surface area contributed by atoms with E-state index in [1.54, 1.807) is 32.0 Å². The third-order valence-corrected chi connectivity index (χ3v) is 2.29. The molecule has 0 atom stereocenters. The molecule has 0 unspecified atom stereocenters. The molecule has 0 aliphatic rings. The number of carboxylic acids is 1. The summed E-state index contributed by atoms with van der Waals surface area (Å²) in [6.45, 7) is 3.25. The molecule has 0 aromatic carbocycles. The quantitative estimate of drug-likeness (QED) is 0.822. The number of pyridine rings is 1. The van der Waals surface area contributed by atoms with E-state index in [1.807, 2.05) is 0 Å². The van der Waals surface area contributed by atoms with Gasteiger partial charge in [0.05, 0.1) is 12.0 Å². The van der Waals surface area contributed by atoms with Gasteiger partial charge in [-0.25, -0.2) is 9.78 Å². The third-order valence-electron chi connectivity index (χ3n) is 2.29. The van der Waals surface area contributed by atoms with Gasteiger partial charge >= 0.3 is 12.0 Å². The van der Waals surface area contributed by atoms with E-state index in [4.69, 9.17) is 10.8 Å². The molecular weight excluding hydrogens is 222 g/mol. The zero-order valence-corrected chi connectivity index (χ0v) is 9.75. The largest absolute Gasteiger partial charge is 0.481 e. The Labute approximate surface area is 99.1 Å². The van der Waals surface area contributed by atoms with Crippen LogP contribution in [0.4, 0.5) is 10.6 Å². The van der Waals surface area contributed by atoms with Crippen LogP contribution in [0.25, 0.3) is 0 Å². The van der Waals surface area contributed by atoms with Crippen molar-refractivity contribution in [3.8, 4) is 0 Å². The van der Waals surface area contributed by atoms with Crippen molar-refractivity contribution in [1.82, 2.24) is 4.98 Å². The second-order valence-corrected chi connectivity index (χ2v) is 4.24. The van der Waals surface area contributed by atoms with Crippen LogP contribution >= 0.6 is 0 Å². The number of hydrogen-bond acceptors (Lipinski definition) is 3. The Morgan fingerprint density at radius 1 is 1.47 bits per heavy atom. The van der Waals surface area contributed by atoms with E-state index < -0.39 is 17.5 Å². The van der Waals surface area contributed by atoms with E-state index in [1.165, 1.54) is 11.1 Å². The third kappa shape index (κ3) is 3.17. The minimum Gasteiger partial charge on any atom is -0.481 e. The molecule has 0 saturated carbocycles. The Morgan fingerprint density at radius 2 is 2.12 bits per heavy atom. The summed E-state index contributed by atoms with van der Waals surface area (Å²) < 4.78 is 0. The molecule has 0 aliphatic heterocycles. The molecule has 2 amide bonds. The highest BCUT2D eigenvalue weighted by Crippen LogP contribution is 2.24. The van der Waals surface area contributed by atoms with Gasteiger partial charge in [0, 0.05) is 6.20 Å². The summed E-state index contributed by atoms with van der Waals surface area (Å²) in [5, 5.41) is 8.83. The van der Waals surface area contributed by atoms with Crippen molar-refractivity contribution < 1.29 is 14.7 Å². The maximum atomic E-state index is 11.4. The lowest BCUT2D eigenvalue weighted by molar-refractivity contribution is -0.138. The Kier molecular flexibility index (Phi) is 3.67. The van der Waals surface area contributed by atoms with Gasteiger partial charge < -0.3 is 10.8 Å². The van der Waals surface area contributed by atoms with Crippen LogP contribution < -0.4 is 10.6 Å². The summed E-state index contributed by atoms with van der Waals surface area (Å²) in [5.74, 6) is -0.663. The van der Waals surface area contributed by atoms with Gasteiger partial charge in [0.1, 0.15) is 5.82 Å². The number of carbonyl (C=O) groups is 2. The van der Waals surface area contributed by atoms with Gasteiger partial charge in [-0.05, 0) is 26.0 Å². The molecule has 0 radical (unpaired) electrons. The van der Waals surface area contributed by atoms with Gasteiger partial charge in [-0.2, -0.15) is 0 Å². The molecule has 92 valence electrons. The molecule has 0 fully saturated rings. The summed E-state index contributed by atoms with van der Waals surface area (Å²) >= 11 is 0. The fraction of sp³-hybridized carbons (Fsp3) is 0.364. The average molecular weight is 237 g/mol. The Balaban J connectivity index is 3.10. The van der Waals surface area contributed by atoms with Crippen LogP contribution in [0.1, 0.15) is 20.3 Å². The van der Waals surface area contributed by atoms with Gasteiger partial charge in [-0.1, -0.05) is 6.07 Å². The highest BCUT2D eigenvalue weighted by Gasteiger charge is 2.34. The van der Waals surface area contributed by atoms with Gasteiger partial charge in [-0.15, -0.1) is 0 Å². The Morgan fingerprint density at radius 3 is 2.53 bits per heavy atom. The molecule has 6 nitrogen and oxygen atoms in total. The monoisotopic (exact) mass is 237 g/mol. The van der Waals surface area contributed by atoms with Crippen molar-refractivity contribution in [2.45, 2.75) is 25.8 Å². The van der Waals surface area contributed by atoms with E-state index in [9.17, 15) is 9.59 Å². The number of amides is 2. The molecule has 1 aromatic heterocycles. The maximum absolute atomic E-state index is 11.4. The lowest BCUT2D eigenvalue weighted by atomic mass is 9.98. The number of rotatable bonds is 4. The SMILES string of the molecule is CC(C)(CC(=O)O)N(C(N)=O)c1ccccn1. The summed E-state index contributed by atoms with van der Waals surface area (Å²) in [6.07, 6.45) is 1.30. The summed E-state index contributed by atoms with van der Waals surface area (Å²) in [4.78, 5) is 27.4. The van der Waals surface area contributed by atoms with Gasteiger partial charge in [0.25, 0.3) is 0 Å². The topological polar surface area (TPSA) is 96.5 Å². The van der Waals surface area contributed by atoms with E-state index >= 15 is 0 Å². The van der Waals surface area contributed by atoms with Crippen molar-refractivity contribution in [2.24, 2.45) is 5.73 Å². The number of aromatic nitrogens is 1. The standard InChI is InChI=1S/C11H15N3O3/c1-11(2,7-9(15)16)14(10(12)17)8-5-3-4-6-13-8/h3-6H,7H2,1-2H3,(H2,12,17)(H,15,16). The molecule has 3 N–H and O–H groups in total. The Hall–Kier alpha value is -2.11. The number of nitrogens with zero attached hydrogens (tertiary/aromatic N) is 2. The van der Waals surface area contributed by atoms with Crippen molar-refractivity contribution in [3.63, 3.8) is 0 Å². The minimum absolute atomic E-state index is 0.216. The number of urea groups is 1. The van der Waals surface area contributed by atoms with Crippen molar-refractivity contribution in [2.75, 3.05) is 4.90 Å². The smallest absolute Gasteiger partial charge is 0.320 e. The van der Waals surface area contributed by atoms with Crippen molar-refractivity contribution >= 4 is 17.8 Å². The molecule has 0 bridgehead atoms. The normalized spacial score (nSPS) is 10.9. The molecule has 1 rings (SSSR count). The first kappa shape index (κ1) is 13.0. The van der Waals surface area contributed by atoms with E-state index in [0.717, 1.165) is 0 Å². The highest BCUT2D eigenvalue weighted by atomic mass is 16.4. The second kappa shape index (κ2) is 4.82. The molecule has 6 heteroatoms. The lowest BCUT2D eigenvalue weighted by Gasteiger charge is -2.35. The van der Waals surface area contributed by atoms with E-state index in [2.05, 4.69) is 4.98 Å². The molecule has 0 spiro atoms. The molecule has 1 heterocycles. The van der Waals surface area contributed by atoms with Gasteiger partial charge in [-0.3, -0.25) is 9.69 Å². The zero-order chi connectivity index (χ0) is 13.1. The van der Waals surface area contributed by atoms with E-state index in [-0.39, 0.29) is 6.42 Å². The molecule has 17 heavy (non-hydrogen) atoms. The van der Waals surface area contributed by atoms with Crippen LogP contribution in [0.5, 0.6) is 0 Å². The number of primary amides is 1. The van der Waals surface area contributed by atoms with Crippen LogP contribution in [-0.4, -0.2) is 27.6 Å². The van der Waals surface area contributed by atoms with Crippen LogP contribution in [0.3, 0.4) is 0 Å². The number of hydrogen-bond donors (Lipinski definition) is 2. The first-order valence-corrected chi connectivity index (χ1v) is 5.07. The molecule has 1 aromatic rings. The zero-order valence-electron chi connectivity index (χ0n) is 9.75. The second-order valence-electron chi connectivity index (χ2n) is 4.24. The van der Waals surface area contributed by atoms with Crippen LogP contribution in [-0.2, 0) is 4.79 Å². The van der Waals surface area contributed by atoms with E-state index in [0.29, 0.717) is 5.82 Å². The fourth-order valence-corrected chi connectivity index (χ4v) is 1.66. The van der Waals surface area contributed by atoms with Crippen LogP contribution in [0.2, 0.25) is 0 Å². The molecule has 0 aliphatic carbocycles. The van der Waals surface area contributed by atoms with Crippen molar-refractivity contribution in [1.29, 1.82) is 0 Å². The minimum atomic E-state index is -1.00. The summed E-state index contributed by atoms with van der Waals surface area (Å²) in [6, 6.07) is 4.28. The predicted molar refractivity (Wildman–Crippen MR) is 62.6 cm³/mol. The van der Waals surface area contributed by atoms with Crippen LogP contribution in [0, 0.1) is 0 Å². The number of carboxylic acid groups (broad SMARTS) is 1. The number of nitrogens with two attached hydrogens (primary N) is 1. The average Bonchev–Trinajstić information content (AvgIpc) is 2.15. The van der Waals surface area contributed by atoms with Gasteiger partial charge in [0.15, 0.2) is 0 Å². The molecule has 0 saturated heterocycles. The molecular formula is C11H15N3O3. The first-order valence-electron chi connectivity index (χ1n) is 5.07. The first-order chi connectivity index (χ1) is 7.84. The summed E-state index contributed by atoms with van der Waals surface area (Å²) in [7, 11) is 0. The number of carbonyl (C=O) groups excluding carboxylic acids is 1. The summed E-state index contributed by atoms with van der Waals surface area (Å²) in [5.41, 5.74) is 4.35. The number of aliphatic carboxylic acids is 1. The van der Waals surface area contributed by atoms with Crippen molar-refractivity contribution in [3.05, 3.63) is 24.4 Å². The fourth-order valence-electron chi connectivity index (χ4n) is 1.66. The van der Waals surface area contributed by atoms with Crippen LogP contribution in [0.15, 0.2) is 24.4 Å².